The first kappa shape index (κ1) is 10.7. The van der Waals surface area contributed by atoms with Crippen LogP contribution < -0.4 is 5.32 Å². The largest absolute Gasteiger partial charge is 0.393 e. The number of nitrogens with one attached hydrogen (secondary N) is 1. The van der Waals surface area contributed by atoms with Crippen molar-refractivity contribution in [2.45, 2.75) is 44.4 Å². The molecule has 1 aliphatic rings. The number of aliphatic hydroxyl groups is 1. The molecule has 15 heavy (non-hydrogen) atoms. The van der Waals surface area contributed by atoms with Gasteiger partial charge in [0, 0.05) is 12.6 Å². The van der Waals surface area contributed by atoms with Crippen LogP contribution in [0.5, 0.6) is 0 Å². The van der Waals surface area contributed by atoms with E-state index in [1.807, 2.05) is 6.07 Å². The van der Waals surface area contributed by atoms with Crippen LogP contribution >= 0.6 is 0 Å². The molecule has 2 heteroatoms. The highest BCUT2D eigenvalue weighted by Crippen LogP contribution is 2.18. The minimum Gasteiger partial charge on any atom is -0.393 e. The zero-order valence-corrected chi connectivity index (χ0v) is 9.02. The average molecular weight is 205 g/mol. The number of hydrogen-bond donors (Lipinski definition) is 2. The summed E-state index contributed by atoms with van der Waals surface area (Å²) in [5.74, 6) is 0. The molecule has 0 radical (unpaired) electrons. The maximum atomic E-state index is 9.54. The Hall–Kier alpha value is -0.860. The fraction of sp³-hybridized carbons (Fsp3) is 0.538. The van der Waals surface area contributed by atoms with E-state index in [-0.39, 0.29) is 6.10 Å². The Bertz CT molecular complexity index is 286. The number of hydrogen-bond acceptors (Lipinski definition) is 2. The maximum absolute atomic E-state index is 9.54. The molecule has 1 aliphatic carbocycles. The van der Waals surface area contributed by atoms with Crippen LogP contribution in [0.1, 0.15) is 31.2 Å². The van der Waals surface area contributed by atoms with Gasteiger partial charge in [-0.2, -0.15) is 0 Å². The third kappa shape index (κ3) is 3.33. The summed E-state index contributed by atoms with van der Waals surface area (Å²) in [6, 6.07) is 10.9. The van der Waals surface area contributed by atoms with Crippen molar-refractivity contribution in [2.24, 2.45) is 0 Å². The Labute approximate surface area is 91.3 Å². The highest BCUT2D eigenvalue weighted by Gasteiger charge is 2.19. The molecule has 0 saturated heterocycles. The van der Waals surface area contributed by atoms with Crippen molar-refractivity contribution in [2.75, 3.05) is 0 Å². The Morgan fingerprint density at radius 2 is 2.00 bits per heavy atom. The van der Waals surface area contributed by atoms with Crippen molar-refractivity contribution < 1.29 is 5.11 Å². The second kappa shape index (κ2) is 5.29. The topological polar surface area (TPSA) is 32.3 Å². The number of benzene rings is 1. The lowest BCUT2D eigenvalue weighted by Crippen LogP contribution is -2.35. The van der Waals surface area contributed by atoms with Crippen molar-refractivity contribution in [3.8, 4) is 0 Å². The first-order valence-corrected chi connectivity index (χ1v) is 5.80. The normalized spacial score (nSPS) is 26.5. The fourth-order valence-corrected chi connectivity index (χ4v) is 2.21. The van der Waals surface area contributed by atoms with Gasteiger partial charge in [-0.05, 0) is 31.2 Å². The molecule has 0 bridgehead atoms. The predicted molar refractivity (Wildman–Crippen MR) is 61.5 cm³/mol. The van der Waals surface area contributed by atoms with Crippen LogP contribution in [0.25, 0.3) is 0 Å². The monoisotopic (exact) mass is 205 g/mol. The average Bonchev–Trinajstić information content (AvgIpc) is 2.28. The van der Waals surface area contributed by atoms with Gasteiger partial charge >= 0.3 is 0 Å². The van der Waals surface area contributed by atoms with Gasteiger partial charge in [0.1, 0.15) is 0 Å². The molecule has 2 nitrogen and oxygen atoms in total. The smallest absolute Gasteiger partial charge is 0.0555 e. The molecule has 1 fully saturated rings. The molecule has 1 aromatic rings. The highest BCUT2D eigenvalue weighted by molar-refractivity contribution is 5.14. The van der Waals surface area contributed by atoms with E-state index in [1.165, 1.54) is 12.0 Å². The summed E-state index contributed by atoms with van der Waals surface area (Å²) >= 11 is 0. The lowest BCUT2D eigenvalue weighted by atomic mass is 9.93. The van der Waals surface area contributed by atoms with Gasteiger partial charge in [0.25, 0.3) is 0 Å². The van der Waals surface area contributed by atoms with Crippen molar-refractivity contribution in [3.63, 3.8) is 0 Å². The molecule has 2 atom stereocenters. The molecule has 82 valence electrons. The van der Waals surface area contributed by atoms with E-state index in [0.29, 0.717) is 6.04 Å². The maximum Gasteiger partial charge on any atom is 0.0555 e. The SMILES string of the molecule is O[C@@H]1CCC[C@@H](NCc2ccccc2)C1. The van der Waals surface area contributed by atoms with Crippen molar-refractivity contribution >= 4 is 0 Å². The van der Waals surface area contributed by atoms with Crippen LogP contribution in [0.15, 0.2) is 30.3 Å². The first-order chi connectivity index (χ1) is 7.34. The van der Waals surface area contributed by atoms with Crippen molar-refractivity contribution in [3.05, 3.63) is 35.9 Å². The van der Waals surface area contributed by atoms with E-state index in [2.05, 4.69) is 29.6 Å². The molecular weight excluding hydrogens is 186 g/mol. The van der Waals surface area contributed by atoms with E-state index in [4.69, 9.17) is 0 Å². The summed E-state index contributed by atoms with van der Waals surface area (Å²) in [5, 5.41) is 13.0. The molecule has 0 amide bonds. The van der Waals surface area contributed by atoms with Gasteiger partial charge < -0.3 is 10.4 Å². The van der Waals surface area contributed by atoms with E-state index in [0.717, 1.165) is 25.8 Å². The van der Waals surface area contributed by atoms with Gasteiger partial charge in [-0.25, -0.2) is 0 Å². The van der Waals surface area contributed by atoms with Gasteiger partial charge in [-0.1, -0.05) is 30.3 Å². The van der Waals surface area contributed by atoms with Crippen LogP contribution in [-0.4, -0.2) is 17.3 Å². The summed E-state index contributed by atoms with van der Waals surface area (Å²) in [4.78, 5) is 0. The lowest BCUT2D eigenvalue weighted by molar-refractivity contribution is 0.111. The molecule has 0 aliphatic heterocycles. The molecule has 2 N–H and O–H groups in total. The van der Waals surface area contributed by atoms with Gasteiger partial charge in [0.15, 0.2) is 0 Å². The molecule has 0 unspecified atom stereocenters. The molecule has 0 spiro atoms. The lowest BCUT2D eigenvalue weighted by Gasteiger charge is -2.26. The van der Waals surface area contributed by atoms with Crippen LogP contribution in [0.2, 0.25) is 0 Å². The summed E-state index contributed by atoms with van der Waals surface area (Å²) in [6.45, 7) is 0.915. The summed E-state index contributed by atoms with van der Waals surface area (Å²) in [6.07, 6.45) is 4.14. The van der Waals surface area contributed by atoms with E-state index in [1.54, 1.807) is 0 Å². The van der Waals surface area contributed by atoms with Gasteiger partial charge in [0.05, 0.1) is 6.10 Å². The molecule has 0 heterocycles. The quantitative estimate of drug-likeness (QED) is 0.792. The van der Waals surface area contributed by atoms with E-state index >= 15 is 0 Å². The van der Waals surface area contributed by atoms with E-state index < -0.39 is 0 Å². The highest BCUT2D eigenvalue weighted by atomic mass is 16.3. The Morgan fingerprint density at radius 3 is 2.73 bits per heavy atom. The number of rotatable bonds is 3. The third-order valence-corrected chi connectivity index (χ3v) is 3.08. The van der Waals surface area contributed by atoms with E-state index in [9.17, 15) is 5.11 Å². The first-order valence-electron chi connectivity index (χ1n) is 5.80. The fourth-order valence-electron chi connectivity index (χ4n) is 2.21. The van der Waals surface area contributed by atoms with Gasteiger partial charge in [-0.15, -0.1) is 0 Å². The second-order valence-corrected chi connectivity index (χ2v) is 4.38. The number of aliphatic hydroxyl groups excluding tert-OH is 1. The minimum absolute atomic E-state index is 0.0907. The van der Waals surface area contributed by atoms with Gasteiger partial charge in [0.2, 0.25) is 0 Å². The van der Waals surface area contributed by atoms with Crippen LogP contribution in [0, 0.1) is 0 Å². The second-order valence-electron chi connectivity index (χ2n) is 4.38. The Kier molecular flexibility index (Phi) is 3.75. The summed E-state index contributed by atoms with van der Waals surface area (Å²) in [7, 11) is 0. The molecule has 0 aromatic heterocycles. The summed E-state index contributed by atoms with van der Waals surface area (Å²) in [5.41, 5.74) is 1.32. The summed E-state index contributed by atoms with van der Waals surface area (Å²) < 4.78 is 0. The molecule has 1 aromatic carbocycles. The third-order valence-electron chi connectivity index (χ3n) is 3.08. The van der Waals surface area contributed by atoms with Crippen LogP contribution in [-0.2, 0) is 6.54 Å². The van der Waals surface area contributed by atoms with Crippen molar-refractivity contribution in [1.82, 2.24) is 5.32 Å². The molecule has 2 rings (SSSR count). The Balaban J connectivity index is 1.78. The van der Waals surface area contributed by atoms with Crippen LogP contribution in [0.3, 0.4) is 0 Å². The Morgan fingerprint density at radius 1 is 1.20 bits per heavy atom. The molecular formula is C13H19NO. The standard InChI is InChI=1S/C13H19NO/c15-13-8-4-7-12(9-13)14-10-11-5-2-1-3-6-11/h1-3,5-6,12-15H,4,7-10H2/t12-,13-/m1/s1. The van der Waals surface area contributed by atoms with Crippen molar-refractivity contribution in [1.29, 1.82) is 0 Å². The van der Waals surface area contributed by atoms with Crippen LogP contribution in [0.4, 0.5) is 0 Å². The van der Waals surface area contributed by atoms with Gasteiger partial charge in [-0.3, -0.25) is 0 Å². The predicted octanol–water partition coefficient (Wildman–Crippen LogP) is 2.08. The minimum atomic E-state index is -0.0907. The zero-order chi connectivity index (χ0) is 10.5. The zero-order valence-electron chi connectivity index (χ0n) is 9.02. The molecule has 1 saturated carbocycles.